The number of nitrogens with one attached hydrogen (secondary N) is 2. The summed E-state index contributed by atoms with van der Waals surface area (Å²) < 4.78 is 7.37. The second-order valence-electron chi connectivity index (χ2n) is 4.49. The van der Waals surface area contributed by atoms with Crippen molar-refractivity contribution >= 4 is 11.6 Å². The van der Waals surface area contributed by atoms with Gasteiger partial charge in [0, 0.05) is 25.8 Å². The Bertz CT molecular complexity index is 385. The molecule has 100 valence electrons. The molecule has 2 rings (SSSR count). The van der Waals surface area contributed by atoms with Gasteiger partial charge < -0.3 is 15.4 Å². The Morgan fingerprint density at radius 1 is 1.67 bits per heavy atom. The number of hydrogen-bond acceptors (Lipinski definition) is 4. The lowest BCUT2D eigenvalue weighted by atomic mass is 10.2. The highest BCUT2D eigenvalue weighted by atomic mass is 16.5. The van der Waals surface area contributed by atoms with Gasteiger partial charge in [0.2, 0.25) is 5.91 Å². The lowest BCUT2D eigenvalue weighted by Gasteiger charge is -2.08. The smallest absolute Gasteiger partial charge is 0.225 e. The molecule has 1 fully saturated rings. The van der Waals surface area contributed by atoms with Gasteiger partial charge in [0.1, 0.15) is 0 Å². The minimum atomic E-state index is 0.000941. The van der Waals surface area contributed by atoms with Crippen molar-refractivity contribution in [1.29, 1.82) is 0 Å². The molecule has 0 spiro atoms. The molecule has 0 bridgehead atoms. The van der Waals surface area contributed by atoms with Gasteiger partial charge in [-0.15, -0.1) is 0 Å². The number of aromatic nitrogens is 2. The van der Waals surface area contributed by atoms with Crippen LogP contribution in [-0.2, 0) is 16.1 Å². The normalized spacial score (nSPS) is 19.1. The maximum atomic E-state index is 11.5. The molecule has 6 nitrogen and oxygen atoms in total. The summed E-state index contributed by atoms with van der Waals surface area (Å²) in [4.78, 5) is 11.5. The molecular formula is C12H20N4O2. The molecule has 1 saturated heterocycles. The van der Waals surface area contributed by atoms with Gasteiger partial charge in [0.15, 0.2) is 0 Å². The summed E-state index contributed by atoms with van der Waals surface area (Å²) in [6, 6.07) is 0. The quantitative estimate of drug-likeness (QED) is 0.778. The topological polar surface area (TPSA) is 68.2 Å². The molecule has 1 aromatic heterocycles. The van der Waals surface area contributed by atoms with Crippen LogP contribution in [-0.4, -0.2) is 42.0 Å². The molecule has 0 aromatic carbocycles. The standard InChI is InChI=1S/C12H20N4O2/c1-13-5-4-12(17)15-10-7-14-16(8-10)9-11-3-2-6-18-11/h7-8,11,13H,2-6,9H2,1H3,(H,15,17). The zero-order valence-corrected chi connectivity index (χ0v) is 10.7. The van der Waals surface area contributed by atoms with Gasteiger partial charge in [0.25, 0.3) is 0 Å². The molecular weight excluding hydrogens is 232 g/mol. The first-order valence-electron chi connectivity index (χ1n) is 6.36. The van der Waals surface area contributed by atoms with E-state index in [0.717, 1.165) is 31.7 Å². The van der Waals surface area contributed by atoms with E-state index in [4.69, 9.17) is 4.74 Å². The Hall–Kier alpha value is -1.40. The molecule has 0 aliphatic carbocycles. The van der Waals surface area contributed by atoms with Crippen LogP contribution in [0.3, 0.4) is 0 Å². The van der Waals surface area contributed by atoms with Gasteiger partial charge in [0.05, 0.1) is 24.5 Å². The summed E-state index contributed by atoms with van der Waals surface area (Å²) >= 11 is 0. The van der Waals surface area contributed by atoms with Crippen molar-refractivity contribution in [2.45, 2.75) is 31.9 Å². The molecule has 1 atom stereocenters. The predicted molar refractivity (Wildman–Crippen MR) is 68.4 cm³/mol. The molecule has 1 amide bonds. The van der Waals surface area contributed by atoms with Crippen molar-refractivity contribution in [3.05, 3.63) is 12.4 Å². The van der Waals surface area contributed by atoms with Crippen molar-refractivity contribution in [1.82, 2.24) is 15.1 Å². The SMILES string of the molecule is CNCCC(=O)Nc1cnn(CC2CCCO2)c1. The van der Waals surface area contributed by atoms with Crippen LogP contribution in [0.4, 0.5) is 5.69 Å². The summed E-state index contributed by atoms with van der Waals surface area (Å²) in [6.45, 7) is 2.28. The van der Waals surface area contributed by atoms with E-state index < -0.39 is 0 Å². The minimum Gasteiger partial charge on any atom is -0.376 e. The number of anilines is 1. The largest absolute Gasteiger partial charge is 0.376 e. The van der Waals surface area contributed by atoms with Crippen LogP contribution < -0.4 is 10.6 Å². The fourth-order valence-electron chi connectivity index (χ4n) is 1.99. The van der Waals surface area contributed by atoms with Crippen LogP contribution in [0.25, 0.3) is 0 Å². The van der Waals surface area contributed by atoms with Crippen LogP contribution in [0.1, 0.15) is 19.3 Å². The fourth-order valence-corrected chi connectivity index (χ4v) is 1.99. The molecule has 1 aliphatic heterocycles. The summed E-state index contributed by atoms with van der Waals surface area (Å²) in [5.41, 5.74) is 0.745. The van der Waals surface area contributed by atoms with Gasteiger partial charge in [-0.3, -0.25) is 9.48 Å². The fraction of sp³-hybridized carbons (Fsp3) is 0.667. The Labute approximate surface area is 107 Å². The number of rotatable bonds is 6. The zero-order valence-electron chi connectivity index (χ0n) is 10.7. The van der Waals surface area contributed by atoms with E-state index in [2.05, 4.69) is 15.7 Å². The molecule has 18 heavy (non-hydrogen) atoms. The van der Waals surface area contributed by atoms with Crippen molar-refractivity contribution < 1.29 is 9.53 Å². The Morgan fingerprint density at radius 3 is 3.28 bits per heavy atom. The summed E-state index contributed by atoms with van der Waals surface area (Å²) in [5.74, 6) is 0.000941. The second-order valence-corrected chi connectivity index (χ2v) is 4.49. The minimum absolute atomic E-state index is 0.000941. The molecule has 0 saturated carbocycles. The summed E-state index contributed by atoms with van der Waals surface area (Å²) in [6.07, 6.45) is 6.46. The molecule has 1 unspecified atom stereocenters. The highest BCUT2D eigenvalue weighted by Crippen LogP contribution is 2.14. The third kappa shape index (κ3) is 3.82. The number of nitrogens with zero attached hydrogens (tertiary/aromatic N) is 2. The highest BCUT2D eigenvalue weighted by Gasteiger charge is 2.16. The lowest BCUT2D eigenvalue weighted by Crippen LogP contribution is -2.18. The van der Waals surface area contributed by atoms with Crippen LogP contribution in [0.15, 0.2) is 12.4 Å². The van der Waals surface area contributed by atoms with Crippen molar-refractivity contribution in [3.8, 4) is 0 Å². The number of ether oxygens (including phenoxy) is 1. The third-order valence-corrected chi connectivity index (χ3v) is 2.93. The Kier molecular flexibility index (Phi) is 4.72. The molecule has 1 aliphatic rings. The zero-order chi connectivity index (χ0) is 12.8. The van der Waals surface area contributed by atoms with Gasteiger partial charge >= 0.3 is 0 Å². The van der Waals surface area contributed by atoms with E-state index in [9.17, 15) is 4.79 Å². The molecule has 1 aromatic rings. The van der Waals surface area contributed by atoms with Crippen molar-refractivity contribution in [2.24, 2.45) is 0 Å². The maximum Gasteiger partial charge on any atom is 0.225 e. The van der Waals surface area contributed by atoms with Gasteiger partial charge in [-0.1, -0.05) is 0 Å². The summed E-state index contributed by atoms with van der Waals surface area (Å²) in [5, 5.41) is 9.98. The van der Waals surface area contributed by atoms with E-state index in [1.807, 2.05) is 17.9 Å². The van der Waals surface area contributed by atoms with Crippen LogP contribution in [0.2, 0.25) is 0 Å². The molecule has 0 radical (unpaired) electrons. The number of amides is 1. The number of hydrogen-bond donors (Lipinski definition) is 2. The summed E-state index contributed by atoms with van der Waals surface area (Å²) in [7, 11) is 1.83. The lowest BCUT2D eigenvalue weighted by molar-refractivity contribution is -0.116. The monoisotopic (exact) mass is 252 g/mol. The highest BCUT2D eigenvalue weighted by molar-refractivity contribution is 5.90. The van der Waals surface area contributed by atoms with Gasteiger partial charge in [-0.05, 0) is 19.9 Å². The van der Waals surface area contributed by atoms with E-state index in [1.165, 1.54) is 0 Å². The predicted octanol–water partition coefficient (Wildman–Crippen LogP) is 0.610. The molecule has 6 heteroatoms. The van der Waals surface area contributed by atoms with Crippen molar-refractivity contribution in [2.75, 3.05) is 25.5 Å². The Morgan fingerprint density at radius 2 is 2.56 bits per heavy atom. The Balaban J connectivity index is 1.79. The van der Waals surface area contributed by atoms with E-state index in [0.29, 0.717) is 13.0 Å². The van der Waals surface area contributed by atoms with Crippen LogP contribution in [0, 0.1) is 0 Å². The van der Waals surface area contributed by atoms with Crippen molar-refractivity contribution in [3.63, 3.8) is 0 Å². The second kappa shape index (κ2) is 6.51. The van der Waals surface area contributed by atoms with Gasteiger partial charge in [-0.25, -0.2) is 0 Å². The first-order chi connectivity index (χ1) is 8.78. The van der Waals surface area contributed by atoms with Crippen LogP contribution in [0.5, 0.6) is 0 Å². The molecule has 2 heterocycles. The number of carbonyl (C=O) groups excluding carboxylic acids is 1. The average Bonchev–Trinajstić information content (AvgIpc) is 2.99. The molecule has 2 N–H and O–H groups in total. The first kappa shape index (κ1) is 13.0. The average molecular weight is 252 g/mol. The first-order valence-corrected chi connectivity index (χ1v) is 6.36. The maximum absolute atomic E-state index is 11.5. The van der Waals surface area contributed by atoms with Gasteiger partial charge in [-0.2, -0.15) is 5.10 Å². The van der Waals surface area contributed by atoms with E-state index in [-0.39, 0.29) is 12.0 Å². The van der Waals surface area contributed by atoms with E-state index >= 15 is 0 Å². The van der Waals surface area contributed by atoms with E-state index in [1.54, 1.807) is 6.20 Å². The third-order valence-electron chi connectivity index (χ3n) is 2.93. The van der Waals surface area contributed by atoms with Crippen LogP contribution >= 0.6 is 0 Å². The number of carbonyl (C=O) groups is 1.